The van der Waals surface area contributed by atoms with Crippen molar-refractivity contribution in [3.8, 4) is 5.75 Å². The molecule has 0 fully saturated rings. The molecule has 0 aliphatic rings. The lowest BCUT2D eigenvalue weighted by Gasteiger charge is -2.14. The summed E-state index contributed by atoms with van der Waals surface area (Å²) in [5, 5.41) is 13.2. The Balaban J connectivity index is 2.03. The van der Waals surface area contributed by atoms with Crippen LogP contribution in [0, 0.1) is 13.8 Å². The van der Waals surface area contributed by atoms with E-state index in [2.05, 4.69) is 17.2 Å². The highest BCUT2D eigenvalue weighted by Crippen LogP contribution is 2.23. The summed E-state index contributed by atoms with van der Waals surface area (Å²) in [4.78, 5) is 4.34. The van der Waals surface area contributed by atoms with Gasteiger partial charge in [0.15, 0.2) is 0 Å². The summed E-state index contributed by atoms with van der Waals surface area (Å²) in [6.07, 6.45) is 1.81. The molecule has 0 aliphatic carbocycles. The molecule has 3 heteroatoms. The van der Waals surface area contributed by atoms with Gasteiger partial charge in [0.05, 0.1) is 5.69 Å². The molecule has 3 nitrogen and oxygen atoms in total. The van der Waals surface area contributed by atoms with Crippen molar-refractivity contribution in [3.63, 3.8) is 0 Å². The smallest absolute Gasteiger partial charge is 0.121 e. The summed E-state index contributed by atoms with van der Waals surface area (Å²) in [6, 6.07) is 10.2. The average molecular weight is 256 g/mol. The molecule has 2 N–H and O–H groups in total. The van der Waals surface area contributed by atoms with Gasteiger partial charge < -0.3 is 10.4 Å². The molecular weight excluding hydrogens is 236 g/mol. The lowest BCUT2D eigenvalue weighted by molar-refractivity contribution is 0.466. The van der Waals surface area contributed by atoms with Crippen LogP contribution in [0.2, 0.25) is 0 Å². The quantitative estimate of drug-likeness (QED) is 0.882. The van der Waals surface area contributed by atoms with Gasteiger partial charge in [-0.05, 0) is 49.6 Å². The third kappa shape index (κ3) is 3.32. The molecule has 100 valence electrons. The number of nitrogens with one attached hydrogen (secondary N) is 1. The Morgan fingerprint density at radius 2 is 1.89 bits per heavy atom. The normalized spacial score (nSPS) is 12.4. The maximum absolute atomic E-state index is 9.76. The van der Waals surface area contributed by atoms with Crippen molar-refractivity contribution in [2.24, 2.45) is 0 Å². The number of phenolic OH excluding ortho intramolecular Hbond substituents is 1. The Kier molecular flexibility index (Phi) is 4.17. The van der Waals surface area contributed by atoms with Gasteiger partial charge in [-0.3, -0.25) is 4.98 Å². The highest BCUT2D eigenvalue weighted by molar-refractivity contribution is 5.42. The van der Waals surface area contributed by atoms with E-state index < -0.39 is 0 Å². The van der Waals surface area contributed by atoms with Crippen LogP contribution >= 0.6 is 0 Å². The standard InChI is InChI=1S/C16H20N2O/c1-11-8-14(9-12(2)16(11)19)10-18-13(3)15-6-4-5-7-17-15/h4-9,13,18-19H,10H2,1-3H3. The van der Waals surface area contributed by atoms with Gasteiger partial charge in [0.2, 0.25) is 0 Å². The molecule has 1 aromatic carbocycles. The van der Waals surface area contributed by atoms with Crippen LogP contribution in [-0.4, -0.2) is 10.1 Å². The Bertz CT molecular complexity index is 529. The first-order chi connectivity index (χ1) is 9.08. The first-order valence-corrected chi connectivity index (χ1v) is 6.51. The third-order valence-corrected chi connectivity index (χ3v) is 3.29. The molecule has 19 heavy (non-hydrogen) atoms. The van der Waals surface area contributed by atoms with Gasteiger partial charge in [-0.2, -0.15) is 0 Å². The fourth-order valence-corrected chi connectivity index (χ4v) is 2.16. The number of aryl methyl sites for hydroxylation is 2. The fourth-order valence-electron chi connectivity index (χ4n) is 2.16. The van der Waals surface area contributed by atoms with Crippen molar-refractivity contribution in [2.45, 2.75) is 33.4 Å². The molecule has 0 saturated heterocycles. The number of hydrogen-bond donors (Lipinski definition) is 2. The van der Waals surface area contributed by atoms with Crippen molar-refractivity contribution >= 4 is 0 Å². The molecule has 0 amide bonds. The Hall–Kier alpha value is -1.87. The lowest BCUT2D eigenvalue weighted by Crippen LogP contribution is -2.19. The Morgan fingerprint density at radius 3 is 2.47 bits per heavy atom. The number of aromatic nitrogens is 1. The van der Waals surface area contributed by atoms with Gasteiger partial charge in [-0.25, -0.2) is 0 Å². The molecule has 0 bridgehead atoms. The van der Waals surface area contributed by atoms with E-state index in [1.807, 2.05) is 50.4 Å². The number of phenols is 1. The summed E-state index contributed by atoms with van der Waals surface area (Å²) < 4.78 is 0. The van der Waals surface area contributed by atoms with Crippen molar-refractivity contribution in [1.29, 1.82) is 0 Å². The molecule has 0 aliphatic heterocycles. The van der Waals surface area contributed by atoms with Gasteiger partial charge in [0.25, 0.3) is 0 Å². The molecular formula is C16H20N2O. The van der Waals surface area contributed by atoms with Crippen LogP contribution in [0.3, 0.4) is 0 Å². The van der Waals surface area contributed by atoms with Gasteiger partial charge >= 0.3 is 0 Å². The van der Waals surface area contributed by atoms with E-state index >= 15 is 0 Å². The number of aromatic hydroxyl groups is 1. The van der Waals surface area contributed by atoms with Gasteiger partial charge in [0.1, 0.15) is 5.75 Å². The van der Waals surface area contributed by atoms with E-state index in [4.69, 9.17) is 0 Å². The second-order valence-corrected chi connectivity index (χ2v) is 4.94. The Morgan fingerprint density at radius 1 is 1.21 bits per heavy atom. The monoisotopic (exact) mass is 256 g/mol. The SMILES string of the molecule is Cc1cc(CNC(C)c2ccccn2)cc(C)c1O. The summed E-state index contributed by atoms with van der Waals surface area (Å²) >= 11 is 0. The highest BCUT2D eigenvalue weighted by Gasteiger charge is 2.07. The van der Waals surface area contributed by atoms with E-state index in [9.17, 15) is 5.11 Å². The van der Waals surface area contributed by atoms with Crippen LogP contribution in [0.1, 0.15) is 35.3 Å². The van der Waals surface area contributed by atoms with Gasteiger partial charge in [-0.1, -0.05) is 18.2 Å². The van der Waals surface area contributed by atoms with Crippen molar-refractivity contribution in [1.82, 2.24) is 10.3 Å². The highest BCUT2D eigenvalue weighted by atomic mass is 16.3. The Labute approximate surface area is 114 Å². The lowest BCUT2D eigenvalue weighted by atomic mass is 10.1. The minimum atomic E-state index is 0.204. The second-order valence-electron chi connectivity index (χ2n) is 4.94. The minimum absolute atomic E-state index is 0.204. The molecule has 2 aromatic rings. The zero-order valence-corrected chi connectivity index (χ0v) is 11.6. The summed E-state index contributed by atoms with van der Waals surface area (Å²) in [5.74, 6) is 0.390. The predicted molar refractivity (Wildman–Crippen MR) is 77.1 cm³/mol. The van der Waals surface area contributed by atoms with E-state index in [1.54, 1.807) is 0 Å². The van der Waals surface area contributed by atoms with Crippen LogP contribution < -0.4 is 5.32 Å². The molecule has 1 unspecified atom stereocenters. The first-order valence-electron chi connectivity index (χ1n) is 6.51. The van der Waals surface area contributed by atoms with Crippen LogP contribution in [0.15, 0.2) is 36.5 Å². The third-order valence-electron chi connectivity index (χ3n) is 3.29. The van der Waals surface area contributed by atoms with Crippen molar-refractivity contribution in [3.05, 3.63) is 58.9 Å². The van der Waals surface area contributed by atoms with Crippen LogP contribution in [0.5, 0.6) is 5.75 Å². The molecule has 0 saturated carbocycles. The summed E-state index contributed by atoms with van der Waals surface area (Å²) in [6.45, 7) is 6.71. The number of hydrogen-bond acceptors (Lipinski definition) is 3. The van der Waals surface area contributed by atoms with Crippen molar-refractivity contribution < 1.29 is 5.11 Å². The average Bonchev–Trinajstić information content (AvgIpc) is 2.43. The van der Waals surface area contributed by atoms with E-state index in [1.165, 1.54) is 5.56 Å². The number of pyridine rings is 1. The molecule has 1 aromatic heterocycles. The van der Waals surface area contributed by atoms with E-state index in [-0.39, 0.29) is 6.04 Å². The number of rotatable bonds is 4. The number of nitrogens with zero attached hydrogens (tertiary/aromatic N) is 1. The van der Waals surface area contributed by atoms with Crippen LogP contribution in [0.4, 0.5) is 0 Å². The van der Waals surface area contributed by atoms with Gasteiger partial charge in [-0.15, -0.1) is 0 Å². The summed E-state index contributed by atoms with van der Waals surface area (Å²) in [5.41, 5.74) is 4.05. The molecule has 0 radical (unpaired) electrons. The predicted octanol–water partition coefficient (Wildman–Crippen LogP) is 3.25. The fraction of sp³-hybridized carbons (Fsp3) is 0.312. The van der Waals surface area contributed by atoms with Crippen LogP contribution in [-0.2, 0) is 6.54 Å². The van der Waals surface area contributed by atoms with Crippen molar-refractivity contribution in [2.75, 3.05) is 0 Å². The first kappa shape index (κ1) is 13.6. The number of benzene rings is 1. The molecule has 0 spiro atoms. The molecule has 2 rings (SSSR count). The molecule has 1 atom stereocenters. The largest absolute Gasteiger partial charge is 0.507 e. The molecule has 1 heterocycles. The van der Waals surface area contributed by atoms with E-state index in [0.717, 1.165) is 23.4 Å². The van der Waals surface area contributed by atoms with E-state index in [0.29, 0.717) is 5.75 Å². The van der Waals surface area contributed by atoms with Crippen LogP contribution in [0.25, 0.3) is 0 Å². The minimum Gasteiger partial charge on any atom is -0.507 e. The summed E-state index contributed by atoms with van der Waals surface area (Å²) in [7, 11) is 0. The zero-order valence-electron chi connectivity index (χ0n) is 11.6. The maximum Gasteiger partial charge on any atom is 0.121 e. The zero-order chi connectivity index (χ0) is 13.8. The second kappa shape index (κ2) is 5.85. The topological polar surface area (TPSA) is 45.2 Å². The van der Waals surface area contributed by atoms with Gasteiger partial charge in [0, 0.05) is 18.8 Å². The maximum atomic E-state index is 9.76.